The van der Waals surface area contributed by atoms with E-state index in [2.05, 4.69) is 14.8 Å². The number of benzene rings is 1. The summed E-state index contributed by atoms with van der Waals surface area (Å²) in [5.41, 5.74) is 0.583. The molecule has 8 heteroatoms. The maximum atomic E-state index is 13.1. The number of alkyl halides is 3. The molecule has 0 spiro atoms. The zero-order chi connectivity index (χ0) is 25.1. The highest BCUT2D eigenvalue weighted by molar-refractivity contribution is 5.48. The molecule has 2 N–H and O–H groups in total. The van der Waals surface area contributed by atoms with E-state index in [4.69, 9.17) is 0 Å². The quantitative estimate of drug-likeness (QED) is 0.645. The van der Waals surface area contributed by atoms with Gasteiger partial charge in [0.2, 0.25) is 0 Å². The van der Waals surface area contributed by atoms with Crippen LogP contribution in [0.25, 0.3) is 0 Å². The van der Waals surface area contributed by atoms with Crippen LogP contribution in [-0.4, -0.2) is 69.4 Å². The fraction of sp³-hybridized carbons (Fsp3) is 0.607. The van der Waals surface area contributed by atoms with Gasteiger partial charge in [0.15, 0.2) is 0 Å². The van der Waals surface area contributed by atoms with Gasteiger partial charge in [-0.2, -0.15) is 13.2 Å². The first-order valence-corrected chi connectivity index (χ1v) is 13.2. The molecular formula is C28H34F3N3O2. The van der Waals surface area contributed by atoms with Crippen LogP contribution in [0.15, 0.2) is 36.4 Å². The van der Waals surface area contributed by atoms with Gasteiger partial charge in [0.1, 0.15) is 11.4 Å². The highest BCUT2D eigenvalue weighted by Crippen LogP contribution is 2.56. The number of nitrogens with zero attached hydrogens (tertiary/aromatic N) is 3. The number of pyridine rings is 1. The number of phenols is 1. The number of aromatic hydroxyl groups is 1. The monoisotopic (exact) mass is 501 g/mol. The third kappa shape index (κ3) is 4.11. The van der Waals surface area contributed by atoms with Crippen LogP contribution in [0.4, 0.5) is 13.2 Å². The maximum Gasteiger partial charge on any atom is 0.433 e. The van der Waals surface area contributed by atoms with Gasteiger partial charge in [0, 0.05) is 43.2 Å². The molecule has 2 saturated heterocycles. The molecule has 2 aromatic rings. The first-order valence-electron chi connectivity index (χ1n) is 13.2. The molecule has 1 aromatic carbocycles. The number of aliphatic hydroxyl groups is 1. The predicted molar refractivity (Wildman–Crippen MR) is 130 cm³/mol. The molecule has 0 radical (unpaired) electrons. The van der Waals surface area contributed by atoms with Crippen LogP contribution in [0, 0.1) is 5.92 Å². The van der Waals surface area contributed by atoms with Crippen molar-refractivity contribution >= 4 is 0 Å². The summed E-state index contributed by atoms with van der Waals surface area (Å²) < 4.78 is 39.3. The van der Waals surface area contributed by atoms with Crippen molar-refractivity contribution in [3.8, 4) is 5.75 Å². The maximum absolute atomic E-state index is 13.1. The zero-order valence-corrected chi connectivity index (χ0v) is 20.5. The fourth-order valence-corrected chi connectivity index (χ4v) is 7.18. The van der Waals surface area contributed by atoms with Gasteiger partial charge in [-0.05, 0) is 92.9 Å². The lowest BCUT2D eigenvalue weighted by Gasteiger charge is -2.61. The standard InChI is InChI=1S/C28H34F3N3O2/c29-28(30,31)24-3-1-2-21(32-24)8-12-33-13-9-26-10-15-34(18-19-4-5-19)25(27(26,36)11-14-33)16-20-6-7-22(35)17-23(20)26/h1-3,6-7,17,19,25,35-36H,4-5,8-16,18H2/t25?,26-,27+/m0/s1. The Morgan fingerprint density at radius 3 is 2.58 bits per heavy atom. The minimum atomic E-state index is -4.44. The second-order valence-electron chi connectivity index (χ2n) is 11.4. The van der Waals surface area contributed by atoms with Gasteiger partial charge >= 0.3 is 6.18 Å². The smallest absolute Gasteiger partial charge is 0.433 e. The summed E-state index contributed by atoms with van der Waals surface area (Å²) in [6.45, 7) is 4.04. The lowest BCUT2D eigenvalue weighted by atomic mass is 9.52. The van der Waals surface area contributed by atoms with Crippen molar-refractivity contribution in [1.29, 1.82) is 0 Å². The summed E-state index contributed by atoms with van der Waals surface area (Å²) in [6, 6.07) is 9.79. The fourth-order valence-electron chi connectivity index (χ4n) is 7.18. The van der Waals surface area contributed by atoms with Crippen molar-refractivity contribution in [1.82, 2.24) is 14.8 Å². The molecule has 5 nitrogen and oxygen atoms in total. The molecule has 3 atom stereocenters. The zero-order valence-electron chi connectivity index (χ0n) is 20.5. The Balaban J connectivity index is 1.26. The van der Waals surface area contributed by atoms with Crippen LogP contribution in [0.5, 0.6) is 5.75 Å². The van der Waals surface area contributed by atoms with Crippen LogP contribution in [0.2, 0.25) is 0 Å². The van der Waals surface area contributed by atoms with Gasteiger partial charge in [-0.25, -0.2) is 4.98 Å². The molecule has 1 unspecified atom stereocenters. The minimum Gasteiger partial charge on any atom is -0.508 e. The number of likely N-dealkylation sites (tertiary alicyclic amines) is 2. The molecule has 6 rings (SSSR count). The molecule has 2 bridgehead atoms. The van der Waals surface area contributed by atoms with E-state index in [1.807, 2.05) is 12.1 Å². The third-order valence-corrected chi connectivity index (χ3v) is 9.30. The first-order chi connectivity index (χ1) is 17.2. The lowest BCUT2D eigenvalue weighted by molar-refractivity contribution is -0.149. The van der Waals surface area contributed by atoms with Gasteiger partial charge in [0.25, 0.3) is 0 Å². The van der Waals surface area contributed by atoms with Crippen molar-refractivity contribution in [2.24, 2.45) is 5.92 Å². The predicted octanol–water partition coefficient (Wildman–Crippen LogP) is 4.15. The van der Waals surface area contributed by atoms with Crippen molar-refractivity contribution in [2.75, 3.05) is 32.7 Å². The van der Waals surface area contributed by atoms with Crippen LogP contribution in [-0.2, 0) is 24.4 Å². The SMILES string of the molecule is Oc1ccc2c(c1)[C@@]13CCN(CCc4cccc(C(F)(F)F)n4)CC[C@@]1(O)C(C2)N(CC1CC1)CC3. The van der Waals surface area contributed by atoms with Crippen LogP contribution in [0.3, 0.4) is 0 Å². The van der Waals surface area contributed by atoms with Crippen LogP contribution >= 0.6 is 0 Å². The van der Waals surface area contributed by atoms with Gasteiger partial charge in [-0.15, -0.1) is 0 Å². The summed E-state index contributed by atoms with van der Waals surface area (Å²) >= 11 is 0. The Morgan fingerprint density at radius 2 is 1.81 bits per heavy atom. The van der Waals surface area contributed by atoms with E-state index < -0.39 is 22.9 Å². The highest BCUT2D eigenvalue weighted by atomic mass is 19.4. The first kappa shape index (κ1) is 24.2. The normalized spacial score (nSPS) is 30.9. The average Bonchev–Trinajstić information content (AvgIpc) is 3.67. The second kappa shape index (κ2) is 8.71. The highest BCUT2D eigenvalue weighted by Gasteiger charge is 2.63. The number of fused-ring (bicyclic) bond motifs is 1. The van der Waals surface area contributed by atoms with Gasteiger partial charge in [0.05, 0.1) is 5.60 Å². The number of piperidine rings is 1. The van der Waals surface area contributed by atoms with E-state index in [1.165, 1.54) is 24.5 Å². The van der Waals surface area contributed by atoms with Crippen molar-refractivity contribution in [3.05, 3.63) is 58.9 Å². The van der Waals surface area contributed by atoms with E-state index >= 15 is 0 Å². The molecule has 0 amide bonds. The number of rotatable bonds is 5. The van der Waals surface area contributed by atoms with Gasteiger partial charge < -0.3 is 15.1 Å². The number of phenolic OH excluding ortho intramolecular Hbond substituents is 1. The topological polar surface area (TPSA) is 59.8 Å². The second-order valence-corrected chi connectivity index (χ2v) is 11.4. The molecule has 194 valence electrons. The average molecular weight is 502 g/mol. The van der Waals surface area contributed by atoms with Gasteiger partial charge in [-0.3, -0.25) is 4.90 Å². The Labute approximate surface area is 209 Å². The summed E-state index contributed by atoms with van der Waals surface area (Å²) in [6.07, 6.45) is 1.56. The molecule has 1 saturated carbocycles. The van der Waals surface area contributed by atoms with Crippen molar-refractivity contribution in [2.45, 2.75) is 68.2 Å². The molecule has 36 heavy (non-hydrogen) atoms. The molecule has 2 aliphatic heterocycles. The number of hydrogen-bond donors (Lipinski definition) is 2. The van der Waals surface area contributed by atoms with Gasteiger partial charge in [-0.1, -0.05) is 12.1 Å². The van der Waals surface area contributed by atoms with E-state index in [0.29, 0.717) is 31.6 Å². The Morgan fingerprint density at radius 1 is 1.03 bits per heavy atom. The summed E-state index contributed by atoms with van der Waals surface area (Å²) in [5, 5.41) is 22.9. The molecule has 1 aromatic heterocycles. The Kier molecular flexibility index (Phi) is 5.85. The summed E-state index contributed by atoms with van der Waals surface area (Å²) in [4.78, 5) is 8.63. The molecule has 3 fully saturated rings. The summed E-state index contributed by atoms with van der Waals surface area (Å²) in [5.74, 6) is 0.977. The minimum absolute atomic E-state index is 0.0500. The number of halogens is 3. The molecule has 3 heterocycles. The Hall–Kier alpha value is -2.16. The van der Waals surface area contributed by atoms with Crippen molar-refractivity contribution in [3.63, 3.8) is 0 Å². The molecular weight excluding hydrogens is 467 g/mol. The van der Waals surface area contributed by atoms with Crippen molar-refractivity contribution < 1.29 is 23.4 Å². The van der Waals surface area contributed by atoms with E-state index in [1.54, 1.807) is 12.1 Å². The van der Waals surface area contributed by atoms with E-state index in [9.17, 15) is 23.4 Å². The largest absolute Gasteiger partial charge is 0.508 e. The summed E-state index contributed by atoms with van der Waals surface area (Å²) in [7, 11) is 0. The molecule has 4 aliphatic rings. The Bertz CT molecular complexity index is 1140. The number of hydrogen-bond acceptors (Lipinski definition) is 5. The van der Waals surface area contributed by atoms with Crippen LogP contribution < -0.4 is 0 Å². The van der Waals surface area contributed by atoms with E-state index in [0.717, 1.165) is 56.4 Å². The lowest BCUT2D eigenvalue weighted by Crippen LogP contribution is -2.71. The number of aromatic nitrogens is 1. The van der Waals surface area contributed by atoms with Crippen LogP contribution in [0.1, 0.15) is 54.6 Å². The molecule has 2 aliphatic carbocycles. The van der Waals surface area contributed by atoms with E-state index in [-0.39, 0.29) is 11.8 Å². The third-order valence-electron chi connectivity index (χ3n) is 9.30.